The Balaban J connectivity index is 1.55. The molecule has 0 spiro atoms. The van der Waals surface area contributed by atoms with Crippen LogP contribution < -0.4 is 10.9 Å². The molecule has 0 aliphatic rings. The summed E-state index contributed by atoms with van der Waals surface area (Å²) >= 11 is 7.59. The van der Waals surface area contributed by atoms with Crippen LogP contribution in [0.4, 0.5) is 0 Å². The lowest BCUT2D eigenvalue weighted by atomic mass is 10.2. The van der Waals surface area contributed by atoms with Gasteiger partial charge in [0.2, 0.25) is 0 Å². The summed E-state index contributed by atoms with van der Waals surface area (Å²) in [6.45, 7) is 0. The SMILES string of the molecule is Cn1cc(C(=O)NNC(=O)c2sc3ccccc3c2Cl)c2ccccc21. The number of aromatic nitrogens is 1. The maximum atomic E-state index is 12.5. The molecule has 5 nitrogen and oxygen atoms in total. The fourth-order valence-electron chi connectivity index (χ4n) is 2.92. The number of nitrogens with one attached hydrogen (secondary N) is 2. The summed E-state index contributed by atoms with van der Waals surface area (Å²) in [5.74, 6) is -0.822. The van der Waals surface area contributed by atoms with Gasteiger partial charge in [-0.3, -0.25) is 20.4 Å². The third kappa shape index (κ3) is 2.73. The van der Waals surface area contributed by atoms with Crippen LogP contribution in [0.1, 0.15) is 20.0 Å². The molecule has 2 aromatic heterocycles. The van der Waals surface area contributed by atoms with Crippen molar-refractivity contribution in [1.29, 1.82) is 0 Å². The van der Waals surface area contributed by atoms with Crippen LogP contribution in [0.3, 0.4) is 0 Å². The zero-order valence-electron chi connectivity index (χ0n) is 13.7. The average Bonchev–Trinajstić information content (AvgIpc) is 3.18. The number of aryl methyl sites for hydroxylation is 1. The highest BCUT2D eigenvalue weighted by Crippen LogP contribution is 2.34. The first-order chi connectivity index (χ1) is 12.6. The molecule has 4 rings (SSSR count). The summed E-state index contributed by atoms with van der Waals surface area (Å²) in [6, 6.07) is 15.1. The maximum Gasteiger partial charge on any atom is 0.281 e. The molecule has 4 aromatic rings. The fraction of sp³-hybridized carbons (Fsp3) is 0.0526. The maximum absolute atomic E-state index is 12.5. The molecule has 7 heteroatoms. The predicted molar refractivity (Wildman–Crippen MR) is 105 cm³/mol. The Hall–Kier alpha value is -2.83. The quantitative estimate of drug-likeness (QED) is 0.511. The smallest absolute Gasteiger partial charge is 0.281 e. The molecule has 0 atom stereocenters. The van der Waals surface area contributed by atoms with E-state index >= 15 is 0 Å². The molecule has 0 aliphatic heterocycles. The first-order valence-electron chi connectivity index (χ1n) is 7.88. The summed E-state index contributed by atoms with van der Waals surface area (Å²) in [5.41, 5.74) is 6.35. The topological polar surface area (TPSA) is 63.1 Å². The molecule has 0 radical (unpaired) electrons. The number of nitrogens with zero attached hydrogens (tertiary/aromatic N) is 1. The Labute approximate surface area is 158 Å². The second kappa shape index (κ2) is 6.48. The number of hydrogen-bond donors (Lipinski definition) is 2. The summed E-state index contributed by atoms with van der Waals surface area (Å²) in [6.07, 6.45) is 1.73. The molecule has 2 heterocycles. The third-order valence-corrected chi connectivity index (χ3v) is 5.85. The van der Waals surface area contributed by atoms with Crippen LogP contribution in [0.2, 0.25) is 5.02 Å². The minimum atomic E-state index is -0.440. The van der Waals surface area contributed by atoms with Crippen molar-refractivity contribution in [2.45, 2.75) is 0 Å². The van der Waals surface area contributed by atoms with E-state index in [1.165, 1.54) is 11.3 Å². The molecule has 2 amide bonds. The molecule has 2 N–H and O–H groups in total. The van der Waals surface area contributed by atoms with Crippen LogP contribution in [-0.2, 0) is 7.05 Å². The number of para-hydroxylation sites is 1. The zero-order chi connectivity index (χ0) is 18.3. The van der Waals surface area contributed by atoms with Gasteiger partial charge in [-0.1, -0.05) is 48.0 Å². The second-order valence-electron chi connectivity index (χ2n) is 5.82. The van der Waals surface area contributed by atoms with E-state index < -0.39 is 5.91 Å². The van der Waals surface area contributed by atoms with Crippen LogP contribution in [0.15, 0.2) is 54.7 Å². The van der Waals surface area contributed by atoms with Gasteiger partial charge in [0.1, 0.15) is 4.88 Å². The zero-order valence-corrected chi connectivity index (χ0v) is 15.3. The van der Waals surface area contributed by atoms with E-state index in [9.17, 15) is 9.59 Å². The van der Waals surface area contributed by atoms with Gasteiger partial charge in [-0.05, 0) is 12.1 Å². The number of carbonyl (C=O) groups excluding carboxylic acids is 2. The number of benzene rings is 2. The van der Waals surface area contributed by atoms with Crippen molar-refractivity contribution in [1.82, 2.24) is 15.4 Å². The number of fused-ring (bicyclic) bond motifs is 2. The first-order valence-corrected chi connectivity index (χ1v) is 9.07. The van der Waals surface area contributed by atoms with Crippen LogP contribution in [-0.4, -0.2) is 16.4 Å². The Bertz CT molecular complexity index is 1160. The van der Waals surface area contributed by atoms with Crippen molar-refractivity contribution in [2.75, 3.05) is 0 Å². The molecule has 0 unspecified atom stereocenters. The van der Waals surface area contributed by atoms with E-state index in [1.54, 1.807) is 6.20 Å². The largest absolute Gasteiger partial charge is 0.350 e. The van der Waals surface area contributed by atoms with Crippen molar-refractivity contribution in [3.05, 3.63) is 70.2 Å². The van der Waals surface area contributed by atoms with Crippen molar-refractivity contribution < 1.29 is 9.59 Å². The lowest BCUT2D eigenvalue weighted by molar-refractivity contribution is 0.0850. The molecule has 26 heavy (non-hydrogen) atoms. The van der Waals surface area contributed by atoms with Crippen LogP contribution >= 0.6 is 22.9 Å². The van der Waals surface area contributed by atoms with E-state index in [2.05, 4.69) is 10.9 Å². The van der Waals surface area contributed by atoms with Gasteiger partial charge in [0, 0.05) is 34.2 Å². The van der Waals surface area contributed by atoms with E-state index in [4.69, 9.17) is 11.6 Å². The van der Waals surface area contributed by atoms with Gasteiger partial charge in [-0.25, -0.2) is 0 Å². The second-order valence-corrected chi connectivity index (χ2v) is 7.25. The van der Waals surface area contributed by atoms with E-state index in [0.29, 0.717) is 15.5 Å². The number of hydrogen-bond acceptors (Lipinski definition) is 3. The van der Waals surface area contributed by atoms with Crippen molar-refractivity contribution in [3.8, 4) is 0 Å². The van der Waals surface area contributed by atoms with E-state index in [1.807, 2.05) is 60.1 Å². The molecular formula is C19H14ClN3O2S. The Morgan fingerprint density at radius 1 is 0.962 bits per heavy atom. The first kappa shape index (κ1) is 16.6. The van der Waals surface area contributed by atoms with Crippen LogP contribution in [0.5, 0.6) is 0 Å². The molecule has 0 bridgehead atoms. The lowest BCUT2D eigenvalue weighted by Gasteiger charge is -2.06. The van der Waals surface area contributed by atoms with Gasteiger partial charge in [-0.2, -0.15) is 0 Å². The summed E-state index contributed by atoms with van der Waals surface area (Å²) in [5, 5.41) is 2.04. The van der Waals surface area contributed by atoms with E-state index in [0.717, 1.165) is 21.0 Å². The normalized spacial score (nSPS) is 11.0. The van der Waals surface area contributed by atoms with Gasteiger partial charge in [0.05, 0.1) is 10.6 Å². The van der Waals surface area contributed by atoms with Crippen molar-refractivity contribution in [2.24, 2.45) is 7.05 Å². The molecule has 0 saturated heterocycles. The standard InChI is InChI=1S/C19H14ClN3O2S/c1-23-10-13(11-6-2-4-8-14(11)23)18(24)21-22-19(25)17-16(20)12-7-3-5-9-15(12)26-17/h2-10H,1H3,(H,21,24)(H,22,25). The minimum Gasteiger partial charge on any atom is -0.350 e. The number of halogens is 1. The average molecular weight is 384 g/mol. The molecule has 0 aliphatic carbocycles. The van der Waals surface area contributed by atoms with Crippen LogP contribution in [0.25, 0.3) is 21.0 Å². The number of hydrazine groups is 1. The highest BCUT2D eigenvalue weighted by Gasteiger charge is 2.19. The van der Waals surface area contributed by atoms with Gasteiger partial charge >= 0.3 is 0 Å². The highest BCUT2D eigenvalue weighted by atomic mass is 35.5. The number of rotatable bonds is 2. The number of thiophene rings is 1. The molecule has 0 fully saturated rings. The highest BCUT2D eigenvalue weighted by molar-refractivity contribution is 7.21. The fourth-order valence-corrected chi connectivity index (χ4v) is 4.33. The lowest BCUT2D eigenvalue weighted by Crippen LogP contribution is -2.41. The van der Waals surface area contributed by atoms with Crippen molar-refractivity contribution >= 4 is 55.7 Å². The Morgan fingerprint density at radius 3 is 2.38 bits per heavy atom. The van der Waals surface area contributed by atoms with Gasteiger partial charge in [0.15, 0.2) is 0 Å². The monoisotopic (exact) mass is 383 g/mol. The Morgan fingerprint density at radius 2 is 1.62 bits per heavy atom. The predicted octanol–water partition coefficient (Wildman–Crippen LogP) is 4.12. The molecular weight excluding hydrogens is 370 g/mol. The summed E-state index contributed by atoms with van der Waals surface area (Å²) in [7, 11) is 1.87. The van der Waals surface area contributed by atoms with Gasteiger partial charge < -0.3 is 4.57 Å². The number of carbonyl (C=O) groups is 2. The van der Waals surface area contributed by atoms with Gasteiger partial charge in [-0.15, -0.1) is 11.3 Å². The summed E-state index contributed by atoms with van der Waals surface area (Å²) < 4.78 is 2.79. The molecule has 130 valence electrons. The van der Waals surface area contributed by atoms with Crippen LogP contribution in [0, 0.1) is 0 Å². The molecule has 2 aromatic carbocycles. The third-order valence-electron chi connectivity index (χ3n) is 4.17. The number of amides is 2. The van der Waals surface area contributed by atoms with Crippen molar-refractivity contribution in [3.63, 3.8) is 0 Å². The van der Waals surface area contributed by atoms with Gasteiger partial charge in [0.25, 0.3) is 11.8 Å². The Kier molecular flexibility index (Phi) is 4.14. The summed E-state index contributed by atoms with van der Waals surface area (Å²) in [4.78, 5) is 25.3. The van der Waals surface area contributed by atoms with E-state index in [-0.39, 0.29) is 5.91 Å². The minimum absolute atomic E-state index is 0.367. The molecule has 0 saturated carbocycles.